The Morgan fingerprint density at radius 3 is 2.59 bits per heavy atom. The zero-order valence-electron chi connectivity index (χ0n) is 11.5. The van der Waals surface area contributed by atoms with Gasteiger partial charge in [-0.2, -0.15) is 0 Å². The Labute approximate surface area is 132 Å². The van der Waals surface area contributed by atoms with Gasteiger partial charge in [0.15, 0.2) is 0 Å². The van der Waals surface area contributed by atoms with Crippen LogP contribution in [0.2, 0.25) is 5.02 Å². The van der Waals surface area contributed by atoms with Crippen molar-refractivity contribution < 1.29 is 9.90 Å². The Hall–Kier alpha value is -2.72. The molecule has 3 rings (SSSR count). The fourth-order valence-electron chi connectivity index (χ4n) is 2.22. The van der Waals surface area contributed by atoms with Crippen molar-refractivity contribution in [2.75, 3.05) is 10.6 Å². The number of nitrogens with one attached hydrogen (secondary N) is 2. The quantitative estimate of drug-likeness (QED) is 0.634. The maximum Gasteiger partial charge on any atom is 0.323 e. The molecule has 0 unspecified atom stereocenters. The van der Waals surface area contributed by atoms with Gasteiger partial charge in [-0.3, -0.25) is 0 Å². The number of phenolic OH excluding ortho intramolecular Hbond substituents is 1. The molecule has 3 N–H and O–H groups in total. The Balaban J connectivity index is 1.83. The molecule has 22 heavy (non-hydrogen) atoms. The van der Waals surface area contributed by atoms with Gasteiger partial charge in [-0.15, -0.1) is 0 Å². The average Bonchev–Trinajstić information content (AvgIpc) is 2.48. The number of benzene rings is 3. The van der Waals surface area contributed by atoms with E-state index in [4.69, 9.17) is 11.6 Å². The maximum atomic E-state index is 12.1. The van der Waals surface area contributed by atoms with Crippen LogP contribution in [-0.2, 0) is 0 Å². The second kappa shape index (κ2) is 5.95. The van der Waals surface area contributed by atoms with Crippen LogP contribution in [0, 0.1) is 0 Å². The zero-order chi connectivity index (χ0) is 15.5. The lowest BCUT2D eigenvalue weighted by atomic mass is 10.1. The molecule has 0 fully saturated rings. The van der Waals surface area contributed by atoms with Crippen molar-refractivity contribution in [2.24, 2.45) is 0 Å². The van der Waals surface area contributed by atoms with Crippen molar-refractivity contribution in [1.82, 2.24) is 0 Å². The smallest absolute Gasteiger partial charge is 0.323 e. The first kappa shape index (κ1) is 14.2. The van der Waals surface area contributed by atoms with E-state index in [-0.39, 0.29) is 11.8 Å². The Morgan fingerprint density at radius 2 is 1.77 bits per heavy atom. The molecule has 0 aliphatic heterocycles. The fraction of sp³-hybridized carbons (Fsp3) is 0. The van der Waals surface area contributed by atoms with Gasteiger partial charge in [-0.1, -0.05) is 35.9 Å². The van der Waals surface area contributed by atoms with E-state index in [0.29, 0.717) is 16.4 Å². The minimum Gasteiger partial charge on any atom is -0.508 e. The third-order valence-electron chi connectivity index (χ3n) is 3.20. The monoisotopic (exact) mass is 312 g/mol. The second-order valence-corrected chi connectivity index (χ2v) is 5.24. The summed E-state index contributed by atoms with van der Waals surface area (Å²) in [4.78, 5) is 12.1. The molecule has 0 radical (unpaired) electrons. The predicted molar refractivity (Wildman–Crippen MR) is 89.7 cm³/mol. The highest BCUT2D eigenvalue weighted by Gasteiger charge is 2.07. The van der Waals surface area contributed by atoms with Crippen LogP contribution in [-0.4, -0.2) is 11.1 Å². The minimum atomic E-state index is -0.377. The van der Waals surface area contributed by atoms with Gasteiger partial charge < -0.3 is 15.7 Å². The molecule has 2 amide bonds. The van der Waals surface area contributed by atoms with Crippen LogP contribution in [0.5, 0.6) is 5.75 Å². The van der Waals surface area contributed by atoms with Crippen LogP contribution in [0.3, 0.4) is 0 Å². The molecule has 0 bridgehead atoms. The highest BCUT2D eigenvalue weighted by Crippen LogP contribution is 2.27. The first-order chi connectivity index (χ1) is 10.6. The third-order valence-corrected chi connectivity index (χ3v) is 3.43. The van der Waals surface area contributed by atoms with E-state index < -0.39 is 0 Å². The number of amides is 2. The lowest BCUT2D eigenvalue weighted by Crippen LogP contribution is -2.19. The van der Waals surface area contributed by atoms with Crippen LogP contribution in [0.25, 0.3) is 10.8 Å². The van der Waals surface area contributed by atoms with Gasteiger partial charge in [0.1, 0.15) is 5.75 Å². The summed E-state index contributed by atoms with van der Waals surface area (Å²) in [6.45, 7) is 0. The number of rotatable bonds is 2. The van der Waals surface area contributed by atoms with Gasteiger partial charge >= 0.3 is 6.03 Å². The first-order valence-electron chi connectivity index (χ1n) is 6.67. The number of carbonyl (C=O) groups is 1. The maximum absolute atomic E-state index is 12.1. The van der Waals surface area contributed by atoms with E-state index in [9.17, 15) is 9.90 Å². The second-order valence-electron chi connectivity index (χ2n) is 4.80. The molecule has 3 aromatic rings. The van der Waals surface area contributed by atoms with Gasteiger partial charge in [0, 0.05) is 16.1 Å². The summed E-state index contributed by atoms with van der Waals surface area (Å²) < 4.78 is 0. The van der Waals surface area contributed by atoms with Crippen LogP contribution in [0.1, 0.15) is 0 Å². The molecule has 0 saturated heterocycles. The molecule has 0 heterocycles. The van der Waals surface area contributed by atoms with Crippen molar-refractivity contribution in [3.05, 3.63) is 65.7 Å². The highest BCUT2D eigenvalue weighted by atomic mass is 35.5. The van der Waals surface area contributed by atoms with E-state index in [0.717, 1.165) is 10.8 Å². The van der Waals surface area contributed by atoms with Crippen molar-refractivity contribution in [1.29, 1.82) is 0 Å². The summed E-state index contributed by atoms with van der Waals surface area (Å²) in [7, 11) is 0. The number of carbonyl (C=O) groups excluding carboxylic acids is 1. The molecule has 0 aliphatic carbocycles. The van der Waals surface area contributed by atoms with Crippen LogP contribution < -0.4 is 10.6 Å². The van der Waals surface area contributed by atoms with E-state index >= 15 is 0 Å². The van der Waals surface area contributed by atoms with Gasteiger partial charge in [0.2, 0.25) is 0 Å². The van der Waals surface area contributed by atoms with Gasteiger partial charge in [0.05, 0.1) is 5.69 Å². The van der Waals surface area contributed by atoms with Gasteiger partial charge in [0.25, 0.3) is 0 Å². The van der Waals surface area contributed by atoms with E-state index in [2.05, 4.69) is 10.6 Å². The summed E-state index contributed by atoms with van der Waals surface area (Å²) in [5, 5.41) is 17.3. The molecule has 3 aromatic carbocycles. The lowest BCUT2D eigenvalue weighted by Gasteiger charge is -2.10. The lowest BCUT2D eigenvalue weighted by molar-refractivity contribution is 0.262. The van der Waals surface area contributed by atoms with Gasteiger partial charge in [-0.05, 0) is 41.8 Å². The van der Waals surface area contributed by atoms with Crippen molar-refractivity contribution in [2.45, 2.75) is 0 Å². The van der Waals surface area contributed by atoms with Crippen LogP contribution in [0.15, 0.2) is 60.7 Å². The Bertz CT molecular complexity index is 849. The van der Waals surface area contributed by atoms with Crippen molar-refractivity contribution in [3.8, 4) is 5.75 Å². The number of fused-ring (bicyclic) bond motifs is 1. The number of urea groups is 1. The number of hydrogen-bond donors (Lipinski definition) is 3. The molecule has 0 atom stereocenters. The van der Waals surface area contributed by atoms with E-state index in [1.54, 1.807) is 48.5 Å². The number of hydrogen-bond acceptors (Lipinski definition) is 2. The van der Waals surface area contributed by atoms with E-state index in [1.165, 1.54) is 0 Å². The largest absolute Gasteiger partial charge is 0.508 e. The van der Waals surface area contributed by atoms with Crippen molar-refractivity contribution in [3.63, 3.8) is 0 Å². The zero-order valence-corrected chi connectivity index (χ0v) is 12.3. The number of aromatic hydroxyl groups is 1. The van der Waals surface area contributed by atoms with Crippen LogP contribution >= 0.6 is 11.6 Å². The molecule has 0 aliphatic rings. The summed E-state index contributed by atoms with van der Waals surface area (Å²) in [6.07, 6.45) is 0. The Morgan fingerprint density at radius 1 is 0.955 bits per heavy atom. The molecule has 0 spiro atoms. The first-order valence-corrected chi connectivity index (χ1v) is 7.05. The Kier molecular flexibility index (Phi) is 3.85. The number of phenols is 1. The third kappa shape index (κ3) is 3.13. The minimum absolute atomic E-state index is 0.150. The van der Waals surface area contributed by atoms with Gasteiger partial charge in [-0.25, -0.2) is 4.79 Å². The van der Waals surface area contributed by atoms with E-state index in [1.807, 2.05) is 12.1 Å². The molecule has 0 aromatic heterocycles. The normalized spacial score (nSPS) is 10.4. The van der Waals surface area contributed by atoms with Crippen molar-refractivity contribution >= 4 is 39.8 Å². The molecule has 5 heteroatoms. The molecular weight excluding hydrogens is 300 g/mol. The molecule has 4 nitrogen and oxygen atoms in total. The fourth-order valence-corrected chi connectivity index (χ4v) is 2.41. The SMILES string of the molecule is O=C(Nc1cccc(Cl)c1)Nc1cccc2ccc(O)cc12. The molecular formula is C17H13ClN2O2. The highest BCUT2D eigenvalue weighted by molar-refractivity contribution is 6.30. The summed E-state index contributed by atoms with van der Waals surface area (Å²) >= 11 is 5.88. The standard InChI is InChI=1S/C17H13ClN2O2/c18-12-4-2-5-13(9-12)19-17(22)20-16-6-1-3-11-7-8-14(21)10-15(11)16/h1-10,21H,(H2,19,20,22). The molecule has 110 valence electrons. The molecule has 0 saturated carbocycles. The topological polar surface area (TPSA) is 61.4 Å². The average molecular weight is 313 g/mol. The summed E-state index contributed by atoms with van der Waals surface area (Å²) in [5.41, 5.74) is 1.22. The van der Waals surface area contributed by atoms with Crippen LogP contribution in [0.4, 0.5) is 16.2 Å². The number of anilines is 2. The predicted octanol–water partition coefficient (Wildman–Crippen LogP) is 4.84. The summed E-state index contributed by atoms with van der Waals surface area (Å²) in [5.74, 6) is 0.150. The summed E-state index contributed by atoms with van der Waals surface area (Å²) in [6, 6.07) is 17.1. The number of halogens is 1.